The molecule has 27 heavy (non-hydrogen) atoms. The van der Waals surface area contributed by atoms with Crippen LogP contribution in [0.2, 0.25) is 5.15 Å². The first-order valence-corrected chi connectivity index (χ1v) is 8.74. The van der Waals surface area contributed by atoms with E-state index in [-0.39, 0.29) is 11.9 Å². The van der Waals surface area contributed by atoms with E-state index in [2.05, 4.69) is 10.3 Å². The summed E-state index contributed by atoms with van der Waals surface area (Å²) < 4.78 is 12.4. The Labute approximate surface area is 162 Å². The van der Waals surface area contributed by atoms with Crippen LogP contribution in [0.5, 0.6) is 11.5 Å². The van der Waals surface area contributed by atoms with Crippen LogP contribution < -0.4 is 14.8 Å². The number of amides is 1. The molecule has 0 fully saturated rings. The number of rotatable bonds is 6. The van der Waals surface area contributed by atoms with Crippen LogP contribution in [0.3, 0.4) is 0 Å². The molecule has 2 heterocycles. The zero-order valence-electron chi connectivity index (χ0n) is 15.3. The summed E-state index contributed by atoms with van der Waals surface area (Å²) in [6.45, 7) is 1.88. The average molecular weight is 386 g/mol. The molecule has 2 aromatic heterocycles. The largest absolute Gasteiger partial charge is 0.497 e. The van der Waals surface area contributed by atoms with Gasteiger partial charge in [0.05, 0.1) is 26.0 Å². The summed E-state index contributed by atoms with van der Waals surface area (Å²) in [5.74, 6) is 1.12. The maximum absolute atomic E-state index is 12.4. The number of ether oxygens (including phenoxy) is 2. The summed E-state index contributed by atoms with van der Waals surface area (Å²) in [5.41, 5.74) is 2.19. The number of hydrogen-bond acceptors (Lipinski definition) is 4. The molecule has 140 valence electrons. The number of aromatic nitrogens is 2. The van der Waals surface area contributed by atoms with Crippen molar-refractivity contribution in [2.45, 2.75) is 13.0 Å². The predicted octanol–water partition coefficient (Wildman–Crippen LogP) is 3.90. The Hall–Kier alpha value is -2.99. The number of nitrogens with one attached hydrogen (secondary N) is 1. The quantitative estimate of drug-likeness (QED) is 0.654. The topological polar surface area (TPSA) is 64.9 Å². The minimum Gasteiger partial charge on any atom is -0.497 e. The van der Waals surface area contributed by atoms with Crippen LogP contribution in [0.15, 0.2) is 48.7 Å². The molecular weight excluding hydrogens is 366 g/mol. The molecule has 0 spiro atoms. The molecule has 1 amide bonds. The van der Waals surface area contributed by atoms with E-state index in [4.69, 9.17) is 21.1 Å². The molecule has 1 aromatic carbocycles. The summed E-state index contributed by atoms with van der Waals surface area (Å²) in [6.07, 6.45) is 4.92. The minimum atomic E-state index is -0.273. The van der Waals surface area contributed by atoms with E-state index in [1.165, 1.54) is 6.08 Å². The second kappa shape index (κ2) is 8.14. The highest BCUT2D eigenvalue weighted by Crippen LogP contribution is 2.29. The molecule has 1 atom stereocenters. The van der Waals surface area contributed by atoms with Gasteiger partial charge in [-0.05, 0) is 43.3 Å². The van der Waals surface area contributed by atoms with Crippen molar-refractivity contribution in [3.05, 3.63) is 65.1 Å². The van der Waals surface area contributed by atoms with Crippen molar-refractivity contribution in [2.24, 2.45) is 0 Å². The van der Waals surface area contributed by atoms with Crippen molar-refractivity contribution in [1.82, 2.24) is 14.7 Å². The summed E-state index contributed by atoms with van der Waals surface area (Å²) in [4.78, 5) is 16.6. The van der Waals surface area contributed by atoms with Gasteiger partial charge in [-0.1, -0.05) is 17.7 Å². The number of nitrogens with zero attached hydrogens (tertiary/aromatic N) is 2. The van der Waals surface area contributed by atoms with Gasteiger partial charge in [0, 0.05) is 17.8 Å². The average Bonchev–Trinajstić information content (AvgIpc) is 3.00. The van der Waals surface area contributed by atoms with Gasteiger partial charge in [-0.3, -0.25) is 9.20 Å². The summed E-state index contributed by atoms with van der Waals surface area (Å²) in [6, 6.07) is 10.8. The fraction of sp³-hybridized carbons (Fsp3) is 0.200. The fourth-order valence-electron chi connectivity index (χ4n) is 2.81. The van der Waals surface area contributed by atoms with E-state index >= 15 is 0 Å². The zero-order valence-corrected chi connectivity index (χ0v) is 16.0. The highest BCUT2D eigenvalue weighted by Gasteiger charge is 2.14. The lowest BCUT2D eigenvalue weighted by Crippen LogP contribution is -2.25. The Kier molecular flexibility index (Phi) is 5.66. The lowest BCUT2D eigenvalue weighted by molar-refractivity contribution is -0.117. The number of imidazole rings is 1. The summed E-state index contributed by atoms with van der Waals surface area (Å²) >= 11 is 6.18. The second-order valence-electron chi connectivity index (χ2n) is 5.89. The molecule has 0 aliphatic carbocycles. The van der Waals surface area contributed by atoms with Gasteiger partial charge >= 0.3 is 0 Å². The molecule has 1 unspecified atom stereocenters. The Balaban J connectivity index is 1.77. The summed E-state index contributed by atoms with van der Waals surface area (Å²) in [5, 5.41) is 3.26. The lowest BCUT2D eigenvalue weighted by atomic mass is 10.1. The summed E-state index contributed by atoms with van der Waals surface area (Å²) in [7, 11) is 3.18. The van der Waals surface area contributed by atoms with E-state index in [1.54, 1.807) is 20.3 Å². The van der Waals surface area contributed by atoms with Crippen molar-refractivity contribution in [3.63, 3.8) is 0 Å². The Morgan fingerprint density at radius 1 is 1.26 bits per heavy atom. The lowest BCUT2D eigenvalue weighted by Gasteiger charge is -2.17. The highest BCUT2D eigenvalue weighted by molar-refractivity contribution is 6.31. The Morgan fingerprint density at radius 2 is 2.07 bits per heavy atom. The molecule has 0 radical (unpaired) electrons. The van der Waals surface area contributed by atoms with Crippen molar-refractivity contribution in [3.8, 4) is 11.5 Å². The first-order chi connectivity index (χ1) is 13.0. The third kappa shape index (κ3) is 4.06. The van der Waals surface area contributed by atoms with Crippen LogP contribution in [-0.2, 0) is 4.79 Å². The Bertz CT molecular complexity index is 997. The molecular formula is C20H20ClN3O3. The van der Waals surface area contributed by atoms with E-state index in [1.807, 2.05) is 53.9 Å². The van der Waals surface area contributed by atoms with Crippen molar-refractivity contribution < 1.29 is 14.3 Å². The molecule has 3 aromatic rings. The van der Waals surface area contributed by atoms with Gasteiger partial charge in [-0.25, -0.2) is 4.98 Å². The molecule has 3 rings (SSSR count). The molecule has 0 bridgehead atoms. The predicted molar refractivity (Wildman–Crippen MR) is 105 cm³/mol. The van der Waals surface area contributed by atoms with Gasteiger partial charge in [-0.15, -0.1) is 0 Å². The van der Waals surface area contributed by atoms with E-state index < -0.39 is 0 Å². The molecule has 6 nitrogen and oxygen atoms in total. The molecule has 0 aliphatic heterocycles. The first kappa shape index (κ1) is 18.8. The molecule has 1 N–H and O–H groups in total. The zero-order chi connectivity index (χ0) is 19.4. The molecule has 7 heteroatoms. The number of fused-ring (bicyclic) bond motifs is 1. The standard InChI is InChI=1S/C20H20ClN3O3/c1-13(15-12-14(26-2)7-9-17(15)27-3)22-19(25)10-8-16-20(21)23-18-6-4-5-11-24(16)18/h4-13H,1-3H3,(H,22,25)/b10-8+. The highest BCUT2D eigenvalue weighted by atomic mass is 35.5. The van der Waals surface area contributed by atoms with Gasteiger partial charge in [-0.2, -0.15) is 0 Å². The SMILES string of the molecule is COc1ccc(OC)c(C(C)NC(=O)/C=C/c2c(Cl)nc3ccccn23)c1. The third-order valence-electron chi connectivity index (χ3n) is 4.18. The minimum absolute atomic E-state index is 0.255. The number of carbonyl (C=O) groups excluding carboxylic acids is 1. The molecule has 0 aliphatic rings. The number of methoxy groups -OCH3 is 2. The number of benzene rings is 1. The molecule has 0 saturated heterocycles. The maximum atomic E-state index is 12.4. The van der Waals surface area contributed by atoms with Gasteiger partial charge in [0.2, 0.25) is 5.91 Å². The van der Waals surface area contributed by atoms with Crippen molar-refractivity contribution in [2.75, 3.05) is 14.2 Å². The number of carbonyl (C=O) groups is 1. The van der Waals surface area contributed by atoms with Crippen LogP contribution in [-0.4, -0.2) is 29.5 Å². The van der Waals surface area contributed by atoms with Crippen molar-refractivity contribution in [1.29, 1.82) is 0 Å². The van der Waals surface area contributed by atoms with Crippen molar-refractivity contribution >= 4 is 29.2 Å². The van der Waals surface area contributed by atoms with Crippen LogP contribution in [0.25, 0.3) is 11.7 Å². The van der Waals surface area contributed by atoms with Gasteiger partial charge < -0.3 is 14.8 Å². The number of halogens is 1. The number of hydrogen-bond donors (Lipinski definition) is 1. The number of pyridine rings is 1. The van der Waals surface area contributed by atoms with Gasteiger partial charge in [0.15, 0.2) is 5.15 Å². The normalized spacial score (nSPS) is 12.3. The third-order valence-corrected chi connectivity index (χ3v) is 4.45. The van der Waals surface area contributed by atoms with E-state index in [0.717, 1.165) is 11.2 Å². The Morgan fingerprint density at radius 3 is 2.81 bits per heavy atom. The first-order valence-electron chi connectivity index (χ1n) is 8.36. The molecule has 0 saturated carbocycles. The van der Waals surface area contributed by atoms with E-state index in [9.17, 15) is 4.79 Å². The van der Waals surface area contributed by atoms with Crippen LogP contribution in [0.1, 0.15) is 24.2 Å². The van der Waals surface area contributed by atoms with Gasteiger partial charge in [0.25, 0.3) is 0 Å². The monoisotopic (exact) mass is 385 g/mol. The van der Waals surface area contributed by atoms with E-state index in [0.29, 0.717) is 22.3 Å². The smallest absolute Gasteiger partial charge is 0.244 e. The van der Waals surface area contributed by atoms with Gasteiger partial charge in [0.1, 0.15) is 17.1 Å². The van der Waals surface area contributed by atoms with Crippen LogP contribution in [0.4, 0.5) is 0 Å². The van der Waals surface area contributed by atoms with Crippen LogP contribution >= 0.6 is 11.6 Å². The van der Waals surface area contributed by atoms with Crippen LogP contribution in [0, 0.1) is 0 Å². The fourth-order valence-corrected chi connectivity index (χ4v) is 3.05. The second-order valence-corrected chi connectivity index (χ2v) is 6.25. The maximum Gasteiger partial charge on any atom is 0.244 e.